The molecule has 4 heterocycles. The van der Waals surface area contributed by atoms with Crippen LogP contribution >= 0.6 is 0 Å². The third-order valence-electron chi connectivity index (χ3n) is 12.6. The van der Waals surface area contributed by atoms with Crippen molar-refractivity contribution in [2.45, 2.75) is 125 Å². The third-order valence-corrected chi connectivity index (χ3v) is 14.4. The Labute approximate surface area is 325 Å². The summed E-state index contributed by atoms with van der Waals surface area (Å²) in [5.74, 6) is -2.48. The number of rotatable bonds is 7. The number of nitrogens with zero attached hydrogens (tertiary/aromatic N) is 3. The number of allylic oxidation sites excluding steroid dienone is 2. The average molecular weight is 791 g/mol. The van der Waals surface area contributed by atoms with Gasteiger partial charge in [0, 0.05) is 25.0 Å². The Morgan fingerprint density at radius 1 is 0.982 bits per heavy atom. The molecule has 2 aromatic heterocycles. The van der Waals surface area contributed by atoms with Crippen LogP contribution in [0.5, 0.6) is 5.88 Å². The molecule has 4 amide bonds. The van der Waals surface area contributed by atoms with Crippen LogP contribution in [-0.4, -0.2) is 88.1 Å². The lowest BCUT2D eigenvalue weighted by Gasteiger charge is -2.32. The highest BCUT2D eigenvalue weighted by Gasteiger charge is 2.62. The molecule has 2 bridgehead atoms. The van der Waals surface area contributed by atoms with Crippen LogP contribution in [-0.2, 0) is 35.6 Å². The molecule has 300 valence electrons. The zero-order valence-corrected chi connectivity index (χ0v) is 32.2. The smallest absolute Gasteiger partial charge is 0.408 e. The summed E-state index contributed by atoms with van der Waals surface area (Å²) in [5.41, 5.74) is -1.16. The van der Waals surface area contributed by atoms with Crippen molar-refractivity contribution in [2.75, 3.05) is 6.54 Å². The molecule has 56 heavy (non-hydrogen) atoms. The maximum Gasteiger partial charge on any atom is 0.408 e. The number of fused-ring (bicyclic) bond motifs is 5. The maximum absolute atomic E-state index is 14.8. The maximum atomic E-state index is 14.8. The molecule has 6 aliphatic rings. The van der Waals surface area contributed by atoms with Gasteiger partial charge in [-0.05, 0) is 88.2 Å². The molecule has 5 fully saturated rings. The fourth-order valence-corrected chi connectivity index (χ4v) is 10.6. The summed E-state index contributed by atoms with van der Waals surface area (Å²) in [6, 6.07) is 3.05. The number of amides is 4. The molecule has 7 atom stereocenters. The zero-order chi connectivity index (χ0) is 39.2. The summed E-state index contributed by atoms with van der Waals surface area (Å²) >= 11 is 0. The van der Waals surface area contributed by atoms with Crippen LogP contribution in [0.2, 0.25) is 0 Å². The minimum absolute atomic E-state index is 0.0227. The van der Waals surface area contributed by atoms with Gasteiger partial charge in [0.1, 0.15) is 35.5 Å². The molecule has 2 aliphatic heterocycles. The van der Waals surface area contributed by atoms with E-state index in [1.54, 1.807) is 24.4 Å². The Morgan fingerprint density at radius 2 is 1.77 bits per heavy atom. The number of alkyl carbamates (subject to hydrolysis) is 1. The Morgan fingerprint density at radius 3 is 2.52 bits per heavy atom. The predicted octanol–water partition coefficient (Wildman–Crippen LogP) is 3.06. The van der Waals surface area contributed by atoms with Crippen molar-refractivity contribution in [2.24, 2.45) is 17.8 Å². The number of aromatic nitrogens is 2. The van der Waals surface area contributed by atoms with Gasteiger partial charge in [0.05, 0.1) is 17.4 Å². The van der Waals surface area contributed by atoms with E-state index in [1.165, 1.54) is 15.4 Å². The quantitative estimate of drug-likeness (QED) is 0.351. The van der Waals surface area contributed by atoms with E-state index < -0.39 is 68.7 Å². The molecule has 0 aromatic carbocycles. The Kier molecular flexibility index (Phi) is 10.4. The largest absolute Gasteiger partial charge is 0.472 e. The van der Waals surface area contributed by atoms with E-state index in [1.807, 2.05) is 12.2 Å². The van der Waals surface area contributed by atoms with Crippen LogP contribution in [0.4, 0.5) is 4.79 Å². The van der Waals surface area contributed by atoms with Crippen LogP contribution < -0.4 is 25.7 Å². The van der Waals surface area contributed by atoms with Crippen molar-refractivity contribution < 1.29 is 37.1 Å². The number of carbonyl (C=O) groups is 4. The van der Waals surface area contributed by atoms with Gasteiger partial charge in [-0.3, -0.25) is 28.3 Å². The molecule has 15 nitrogen and oxygen atoms in total. The van der Waals surface area contributed by atoms with Crippen LogP contribution in [0.25, 0.3) is 5.65 Å². The van der Waals surface area contributed by atoms with E-state index in [-0.39, 0.29) is 55.2 Å². The van der Waals surface area contributed by atoms with Gasteiger partial charge < -0.3 is 25.0 Å². The SMILES string of the molecule is C=C[C@@H]1C[C@]1(NC(=O)[C@@H]1C[C@@H]2CN1C(=O)[C@H](C1CCCC1)NC(=O)O[C@@H]1CCC[C@H]1CCC=CCc1c(nc3ccccn3c1=O)O2)C(=O)NS(=O)(=O)C1CC1. The van der Waals surface area contributed by atoms with Gasteiger partial charge in [0.2, 0.25) is 27.7 Å². The second kappa shape index (κ2) is 15.3. The lowest BCUT2D eigenvalue weighted by molar-refractivity contribution is -0.142. The Bertz CT molecular complexity index is 2110. The monoisotopic (exact) mass is 790 g/mol. The summed E-state index contributed by atoms with van der Waals surface area (Å²) in [4.78, 5) is 76.4. The van der Waals surface area contributed by atoms with E-state index in [0.717, 1.165) is 44.9 Å². The van der Waals surface area contributed by atoms with Crippen LogP contribution in [0.3, 0.4) is 0 Å². The number of nitrogens with one attached hydrogen (secondary N) is 3. The molecule has 8 rings (SSSR count). The van der Waals surface area contributed by atoms with Gasteiger partial charge in [-0.25, -0.2) is 13.2 Å². The molecule has 0 spiro atoms. The molecule has 0 unspecified atom stereocenters. The van der Waals surface area contributed by atoms with E-state index in [0.29, 0.717) is 36.9 Å². The lowest BCUT2D eigenvalue weighted by atomic mass is 9.96. The van der Waals surface area contributed by atoms with Crippen molar-refractivity contribution >= 4 is 39.5 Å². The molecule has 0 radical (unpaired) electrons. The van der Waals surface area contributed by atoms with E-state index in [4.69, 9.17) is 14.5 Å². The molecular weight excluding hydrogens is 741 g/mol. The topological polar surface area (TPSA) is 195 Å². The first-order valence-corrected chi connectivity index (χ1v) is 21.6. The second-order valence-electron chi connectivity index (χ2n) is 16.3. The van der Waals surface area contributed by atoms with Gasteiger partial charge in [-0.2, -0.15) is 4.98 Å². The molecule has 1 saturated heterocycles. The average Bonchev–Trinajstić information content (AvgIpc) is 3.96. The summed E-state index contributed by atoms with van der Waals surface area (Å²) in [6.45, 7) is 3.72. The highest BCUT2D eigenvalue weighted by molar-refractivity contribution is 7.91. The third kappa shape index (κ3) is 7.55. The van der Waals surface area contributed by atoms with Gasteiger partial charge >= 0.3 is 6.09 Å². The van der Waals surface area contributed by atoms with Crippen LogP contribution in [0.15, 0.2) is 54.0 Å². The first-order chi connectivity index (χ1) is 27.0. The van der Waals surface area contributed by atoms with Crippen molar-refractivity contribution in [1.82, 2.24) is 29.6 Å². The summed E-state index contributed by atoms with van der Waals surface area (Å²) < 4.78 is 41.7. The molecular formula is C40H50N6O9S. The lowest BCUT2D eigenvalue weighted by Crippen LogP contribution is -2.59. The normalized spacial score (nSPS) is 31.2. The number of hydrogen-bond donors (Lipinski definition) is 3. The van der Waals surface area contributed by atoms with Gasteiger partial charge in [0.25, 0.3) is 11.5 Å². The summed E-state index contributed by atoms with van der Waals surface area (Å²) in [7, 11) is -3.92. The fourth-order valence-electron chi connectivity index (χ4n) is 9.20. The molecule has 4 saturated carbocycles. The number of sulfonamides is 1. The standard InChI is InChI=1S/C40H50N6O9S/c1-2-26-22-40(26,38(50)44-56(52,53)28-18-19-28)43-34(47)30-21-27-23-46(30)37(49)33(25-12-6-7-13-25)42-39(51)55-31-16-10-14-24(31)11-4-3-5-15-29-35(54-27)41-32-17-8-9-20-45(32)36(29)48/h2-3,5,8-9,17,20,24-28,30-31,33H,1,4,6-7,10-16,18-19,21-23H2,(H,42,51)(H,43,47)(H,44,50)/t24-,26-,27-,30+,31-,33+,40-/m1/s1. The van der Waals surface area contributed by atoms with Gasteiger partial charge in [0.15, 0.2) is 0 Å². The Balaban J connectivity index is 1.14. The van der Waals surface area contributed by atoms with Crippen molar-refractivity contribution in [3.05, 3.63) is 65.1 Å². The minimum atomic E-state index is -3.92. The highest BCUT2D eigenvalue weighted by Crippen LogP contribution is 2.45. The highest BCUT2D eigenvalue weighted by atomic mass is 32.2. The van der Waals surface area contributed by atoms with Crippen molar-refractivity contribution in [1.29, 1.82) is 0 Å². The molecule has 16 heteroatoms. The van der Waals surface area contributed by atoms with Gasteiger partial charge in [-0.1, -0.05) is 37.1 Å². The predicted molar refractivity (Wildman–Crippen MR) is 204 cm³/mol. The second-order valence-corrected chi connectivity index (χ2v) is 18.3. The number of carbonyl (C=O) groups excluding carboxylic acids is 4. The molecule has 3 N–H and O–H groups in total. The van der Waals surface area contributed by atoms with Crippen LogP contribution in [0.1, 0.15) is 89.0 Å². The van der Waals surface area contributed by atoms with Crippen LogP contribution in [0, 0.1) is 17.8 Å². The van der Waals surface area contributed by atoms with E-state index in [9.17, 15) is 32.4 Å². The first-order valence-electron chi connectivity index (χ1n) is 20.1. The summed E-state index contributed by atoms with van der Waals surface area (Å²) in [6.07, 6.45) is 13.8. The number of ether oxygens (including phenoxy) is 2. The molecule has 4 aliphatic carbocycles. The van der Waals surface area contributed by atoms with Crippen molar-refractivity contribution in [3.63, 3.8) is 0 Å². The number of pyridine rings is 1. The molecule has 2 aromatic rings. The van der Waals surface area contributed by atoms with E-state index in [2.05, 4.69) is 21.9 Å². The summed E-state index contributed by atoms with van der Waals surface area (Å²) in [5, 5.41) is 5.08. The van der Waals surface area contributed by atoms with Crippen molar-refractivity contribution in [3.8, 4) is 5.88 Å². The van der Waals surface area contributed by atoms with E-state index >= 15 is 0 Å². The zero-order valence-electron chi connectivity index (χ0n) is 31.4. The number of hydrogen-bond acceptors (Lipinski definition) is 10. The first kappa shape index (κ1) is 38.2. The fraction of sp³-hybridized carbons (Fsp3) is 0.600. The van der Waals surface area contributed by atoms with Gasteiger partial charge in [-0.15, -0.1) is 6.58 Å². The minimum Gasteiger partial charge on any atom is -0.472 e. The Hall–Kier alpha value is -4.73.